The van der Waals surface area contributed by atoms with Crippen LogP contribution < -0.4 is 0 Å². The van der Waals surface area contributed by atoms with Crippen molar-refractivity contribution in [3.05, 3.63) is 192 Å². The molecule has 0 atom stereocenters. The summed E-state index contributed by atoms with van der Waals surface area (Å²) >= 11 is 0. The number of nitrogens with zero attached hydrogens (tertiary/aromatic N) is 4. The molecule has 54 heavy (non-hydrogen) atoms. The molecule has 0 unspecified atom stereocenters. The van der Waals surface area contributed by atoms with Gasteiger partial charge in [0.2, 0.25) is 0 Å². The van der Waals surface area contributed by atoms with Crippen molar-refractivity contribution in [3.63, 3.8) is 0 Å². The Hall–Kier alpha value is -7.22. The molecule has 0 saturated heterocycles. The lowest BCUT2D eigenvalue weighted by Crippen LogP contribution is -2.04. The Morgan fingerprint density at radius 3 is 1.37 bits per heavy atom. The molecule has 0 saturated carbocycles. The number of hydrogen-bond donors (Lipinski definition) is 0. The van der Waals surface area contributed by atoms with Crippen LogP contribution in [0.15, 0.2) is 170 Å². The van der Waals surface area contributed by atoms with Gasteiger partial charge >= 0.3 is 0 Å². The molecule has 0 fully saturated rings. The number of hydrogen-bond acceptors (Lipinski definition) is 1. The smallest absolute Gasteiger partial charge is 0.197 e. The van der Waals surface area contributed by atoms with Crippen LogP contribution in [0.1, 0.15) is 11.1 Å². The molecule has 10 rings (SSSR count). The first-order valence-corrected chi connectivity index (χ1v) is 18.2. The molecule has 4 heteroatoms. The third-order valence-electron chi connectivity index (χ3n) is 10.6. The van der Waals surface area contributed by atoms with Gasteiger partial charge in [0.25, 0.3) is 0 Å². The standard InChI is InChI=1S/C50H34N4/c1-32-22-24-47-40(26-32)37-18-10-12-20-45(37)53(47)49-30-39(36-28-42(34-14-6-4-7-15-34)52-43(29-36)35-16-8-5-9-17-35)44(51-3)31-50(49)54-46-21-13-11-19-38(46)41-27-33(2)23-25-48(41)54/h4-31H,1-2H3. The highest BCUT2D eigenvalue weighted by Crippen LogP contribution is 2.44. The second-order valence-corrected chi connectivity index (χ2v) is 14.1. The molecule has 0 spiro atoms. The van der Waals surface area contributed by atoms with Crippen molar-refractivity contribution in [2.24, 2.45) is 0 Å². The van der Waals surface area contributed by atoms with E-state index in [-0.39, 0.29) is 0 Å². The number of pyridine rings is 1. The molecule has 0 aliphatic carbocycles. The first-order valence-electron chi connectivity index (χ1n) is 18.2. The Morgan fingerprint density at radius 1 is 0.426 bits per heavy atom. The van der Waals surface area contributed by atoms with E-state index in [1.807, 2.05) is 36.4 Å². The average molecular weight is 691 g/mol. The maximum absolute atomic E-state index is 8.67. The predicted octanol–water partition coefficient (Wildman–Crippen LogP) is 13.4. The van der Waals surface area contributed by atoms with E-state index >= 15 is 0 Å². The van der Waals surface area contributed by atoms with Gasteiger partial charge in [-0.25, -0.2) is 9.83 Å². The molecular weight excluding hydrogens is 657 g/mol. The normalized spacial score (nSPS) is 11.5. The molecule has 0 aliphatic heterocycles. The van der Waals surface area contributed by atoms with Gasteiger partial charge in [-0.3, -0.25) is 0 Å². The van der Waals surface area contributed by atoms with E-state index in [0.29, 0.717) is 5.69 Å². The van der Waals surface area contributed by atoms with E-state index < -0.39 is 0 Å². The number of para-hydroxylation sites is 2. The van der Waals surface area contributed by atoms with Crippen LogP contribution in [0.3, 0.4) is 0 Å². The van der Waals surface area contributed by atoms with E-state index in [9.17, 15) is 0 Å². The van der Waals surface area contributed by atoms with Crippen LogP contribution in [-0.2, 0) is 0 Å². The third-order valence-corrected chi connectivity index (χ3v) is 10.6. The van der Waals surface area contributed by atoms with E-state index in [0.717, 1.165) is 67.1 Å². The second kappa shape index (κ2) is 12.5. The fourth-order valence-corrected chi connectivity index (χ4v) is 8.14. The van der Waals surface area contributed by atoms with E-state index in [1.165, 1.54) is 32.7 Å². The summed E-state index contributed by atoms with van der Waals surface area (Å²) in [4.78, 5) is 9.43. The topological polar surface area (TPSA) is 27.1 Å². The maximum Gasteiger partial charge on any atom is 0.197 e. The van der Waals surface area contributed by atoms with Gasteiger partial charge < -0.3 is 9.13 Å². The van der Waals surface area contributed by atoms with Crippen molar-refractivity contribution in [2.45, 2.75) is 13.8 Å². The van der Waals surface area contributed by atoms with Crippen molar-refractivity contribution in [1.29, 1.82) is 0 Å². The first kappa shape index (κ1) is 31.5. The molecule has 0 amide bonds. The lowest BCUT2D eigenvalue weighted by molar-refractivity contribution is 1.10. The Labute approximate surface area is 313 Å². The minimum atomic E-state index is 0.577. The van der Waals surface area contributed by atoms with Gasteiger partial charge in [-0.2, -0.15) is 0 Å². The number of fused-ring (bicyclic) bond motifs is 6. The molecule has 0 bridgehead atoms. The highest BCUT2D eigenvalue weighted by Gasteiger charge is 2.23. The fourth-order valence-electron chi connectivity index (χ4n) is 8.14. The minimum absolute atomic E-state index is 0.577. The molecule has 0 N–H and O–H groups in total. The quantitative estimate of drug-likeness (QED) is 0.165. The van der Waals surface area contributed by atoms with Gasteiger partial charge in [-0.15, -0.1) is 0 Å². The highest BCUT2D eigenvalue weighted by atomic mass is 15.1. The van der Waals surface area contributed by atoms with Crippen molar-refractivity contribution < 1.29 is 0 Å². The fraction of sp³-hybridized carbons (Fsp3) is 0.0400. The lowest BCUT2D eigenvalue weighted by Gasteiger charge is -2.20. The summed E-state index contributed by atoms with van der Waals surface area (Å²) in [6, 6.07) is 59.8. The summed E-state index contributed by atoms with van der Waals surface area (Å²) in [5, 5.41) is 4.77. The molecule has 10 aromatic rings. The van der Waals surface area contributed by atoms with Crippen LogP contribution in [-0.4, -0.2) is 14.1 Å². The molecule has 0 radical (unpaired) electrons. The van der Waals surface area contributed by atoms with E-state index in [2.05, 4.69) is 161 Å². The lowest BCUT2D eigenvalue weighted by atomic mass is 9.97. The molecule has 4 nitrogen and oxygen atoms in total. The van der Waals surface area contributed by atoms with Crippen LogP contribution in [0.2, 0.25) is 0 Å². The first-order chi connectivity index (χ1) is 26.6. The predicted molar refractivity (Wildman–Crippen MR) is 225 cm³/mol. The van der Waals surface area contributed by atoms with Crippen LogP contribution in [0.4, 0.5) is 5.69 Å². The Morgan fingerprint density at radius 2 is 0.870 bits per heavy atom. The maximum atomic E-state index is 8.67. The van der Waals surface area contributed by atoms with Gasteiger partial charge in [-0.1, -0.05) is 120 Å². The third kappa shape index (κ3) is 5.02. The van der Waals surface area contributed by atoms with Crippen LogP contribution in [0, 0.1) is 20.4 Å². The minimum Gasteiger partial charge on any atom is -0.308 e. The molecule has 0 aliphatic rings. The Kier molecular flexibility index (Phi) is 7.28. The van der Waals surface area contributed by atoms with Crippen molar-refractivity contribution in [3.8, 4) is 45.0 Å². The molecule has 3 heterocycles. The summed E-state index contributed by atoms with van der Waals surface area (Å²) in [5.74, 6) is 0. The van der Waals surface area contributed by atoms with Crippen molar-refractivity contribution in [2.75, 3.05) is 0 Å². The highest BCUT2D eigenvalue weighted by molar-refractivity contribution is 6.12. The molecule has 3 aromatic heterocycles. The zero-order valence-electron chi connectivity index (χ0n) is 30.0. The van der Waals surface area contributed by atoms with Crippen LogP contribution in [0.5, 0.6) is 0 Å². The molecule has 7 aromatic carbocycles. The van der Waals surface area contributed by atoms with Crippen molar-refractivity contribution >= 4 is 49.3 Å². The van der Waals surface area contributed by atoms with Gasteiger partial charge in [0, 0.05) is 32.7 Å². The van der Waals surface area contributed by atoms with Gasteiger partial charge in [0.1, 0.15) is 0 Å². The summed E-state index contributed by atoms with van der Waals surface area (Å²) < 4.78 is 4.74. The van der Waals surface area contributed by atoms with Gasteiger partial charge in [0.15, 0.2) is 5.69 Å². The second-order valence-electron chi connectivity index (χ2n) is 14.1. The SMILES string of the molecule is [C-]#[N+]c1cc(-n2c3ccccc3c3cc(C)ccc32)c(-n2c3ccccc3c3cc(C)ccc32)cc1-c1cc(-c2ccccc2)nc(-c2ccccc2)c1. The van der Waals surface area contributed by atoms with Crippen LogP contribution in [0.25, 0.3) is 93.5 Å². The monoisotopic (exact) mass is 690 g/mol. The average Bonchev–Trinajstić information content (AvgIpc) is 3.72. The summed E-state index contributed by atoms with van der Waals surface area (Å²) in [7, 11) is 0. The van der Waals surface area contributed by atoms with Gasteiger partial charge in [0.05, 0.1) is 51.4 Å². The van der Waals surface area contributed by atoms with Crippen molar-refractivity contribution in [1.82, 2.24) is 14.1 Å². The summed E-state index contributed by atoms with van der Waals surface area (Å²) in [5.41, 5.74) is 14.9. The van der Waals surface area contributed by atoms with Crippen LogP contribution >= 0.6 is 0 Å². The Balaban J connectivity index is 1.35. The summed E-state index contributed by atoms with van der Waals surface area (Å²) in [6.07, 6.45) is 0. The number of benzene rings is 7. The number of aromatic nitrogens is 3. The largest absolute Gasteiger partial charge is 0.308 e. The van der Waals surface area contributed by atoms with E-state index in [1.54, 1.807) is 0 Å². The summed E-state index contributed by atoms with van der Waals surface area (Å²) in [6.45, 7) is 13.0. The molecular formula is C50H34N4. The number of rotatable bonds is 5. The molecule has 254 valence electrons. The number of aryl methyl sites for hydroxylation is 2. The zero-order chi connectivity index (χ0) is 36.3. The zero-order valence-corrected chi connectivity index (χ0v) is 30.0. The van der Waals surface area contributed by atoms with E-state index in [4.69, 9.17) is 11.6 Å². The Bertz CT molecular complexity index is 3070. The van der Waals surface area contributed by atoms with Gasteiger partial charge in [-0.05, 0) is 85.6 Å².